The Labute approximate surface area is 134 Å². The van der Waals surface area contributed by atoms with Crippen LogP contribution in [-0.2, 0) is 9.53 Å². The summed E-state index contributed by atoms with van der Waals surface area (Å²) in [6.07, 6.45) is 2.23. The highest BCUT2D eigenvalue weighted by Gasteiger charge is 2.04. The van der Waals surface area contributed by atoms with Crippen molar-refractivity contribution in [1.82, 2.24) is 5.43 Å². The molecule has 120 valence electrons. The van der Waals surface area contributed by atoms with Crippen molar-refractivity contribution in [3.63, 3.8) is 0 Å². The highest BCUT2D eigenvalue weighted by atomic mass is 32.1. The second-order valence-corrected chi connectivity index (χ2v) is 4.65. The largest absolute Gasteiger partial charge is 0.507 e. The quantitative estimate of drug-likeness (QED) is 0.217. The summed E-state index contributed by atoms with van der Waals surface area (Å²) in [5.74, 6) is 0.267. The molecule has 0 spiro atoms. The summed E-state index contributed by atoms with van der Waals surface area (Å²) in [5, 5.41) is 13.6. The van der Waals surface area contributed by atoms with E-state index in [4.69, 9.17) is 15.2 Å². The lowest BCUT2D eigenvalue weighted by molar-refractivity contribution is -0.143. The maximum Gasteiger partial charge on any atom is 0.305 e. The minimum Gasteiger partial charge on any atom is -0.507 e. The number of hydrazone groups is 1. The van der Waals surface area contributed by atoms with Gasteiger partial charge in [-0.1, -0.05) is 0 Å². The zero-order chi connectivity index (χ0) is 16.4. The number of phenolic OH excluding ortho intramolecular Hbond substituents is 1. The Kier molecular flexibility index (Phi) is 7.69. The first kappa shape index (κ1) is 17.7. The minimum atomic E-state index is -0.245. The lowest BCUT2D eigenvalue weighted by Gasteiger charge is -2.07. The maximum absolute atomic E-state index is 11.1. The van der Waals surface area contributed by atoms with Crippen LogP contribution in [0.2, 0.25) is 0 Å². The minimum absolute atomic E-state index is 0.0105. The van der Waals surface area contributed by atoms with Gasteiger partial charge in [0, 0.05) is 18.1 Å². The molecule has 1 aromatic rings. The van der Waals surface area contributed by atoms with Crippen LogP contribution in [0.1, 0.15) is 25.3 Å². The van der Waals surface area contributed by atoms with Crippen LogP contribution in [0.4, 0.5) is 0 Å². The molecule has 0 bridgehead atoms. The molecule has 8 heteroatoms. The molecule has 0 aromatic heterocycles. The van der Waals surface area contributed by atoms with Gasteiger partial charge in [-0.3, -0.25) is 10.2 Å². The van der Waals surface area contributed by atoms with Crippen molar-refractivity contribution in [2.75, 3.05) is 13.2 Å². The summed E-state index contributed by atoms with van der Waals surface area (Å²) in [7, 11) is 0. The number of nitrogens with zero attached hydrogens (tertiary/aromatic N) is 1. The van der Waals surface area contributed by atoms with Gasteiger partial charge >= 0.3 is 5.97 Å². The standard InChI is InChI=1S/C14H19N3O4S/c1-2-20-13(19)4-3-7-21-11-6-5-10(12(18)8-11)9-16-17-14(15)22/h5-6,8-9,18H,2-4,7H2,1H3,(H3,15,17,22)/b16-9+. The van der Waals surface area contributed by atoms with E-state index in [0.717, 1.165) is 0 Å². The lowest BCUT2D eigenvalue weighted by atomic mass is 10.2. The van der Waals surface area contributed by atoms with Gasteiger partial charge in [0.1, 0.15) is 11.5 Å². The average molecular weight is 325 g/mol. The molecule has 0 aliphatic carbocycles. The van der Waals surface area contributed by atoms with Crippen molar-refractivity contribution in [2.24, 2.45) is 10.8 Å². The molecule has 1 rings (SSSR count). The predicted octanol–water partition coefficient (Wildman–Crippen LogP) is 1.28. The van der Waals surface area contributed by atoms with Crippen LogP contribution >= 0.6 is 12.2 Å². The Morgan fingerprint density at radius 1 is 1.55 bits per heavy atom. The smallest absolute Gasteiger partial charge is 0.305 e. The van der Waals surface area contributed by atoms with Gasteiger partial charge in [0.15, 0.2) is 5.11 Å². The number of nitrogens with one attached hydrogen (secondary N) is 1. The second kappa shape index (κ2) is 9.56. The van der Waals surface area contributed by atoms with Gasteiger partial charge in [0.25, 0.3) is 0 Å². The summed E-state index contributed by atoms with van der Waals surface area (Å²) < 4.78 is 10.3. The second-order valence-electron chi connectivity index (χ2n) is 4.21. The summed E-state index contributed by atoms with van der Waals surface area (Å²) in [6.45, 7) is 2.49. The van der Waals surface area contributed by atoms with E-state index in [-0.39, 0.29) is 16.8 Å². The molecule has 0 fully saturated rings. The third-order valence-corrected chi connectivity index (χ3v) is 2.57. The van der Waals surface area contributed by atoms with Crippen molar-refractivity contribution in [1.29, 1.82) is 0 Å². The molecule has 0 atom stereocenters. The fraction of sp³-hybridized carbons (Fsp3) is 0.357. The Bertz CT molecular complexity index is 549. The Morgan fingerprint density at radius 2 is 2.32 bits per heavy atom. The van der Waals surface area contributed by atoms with Gasteiger partial charge in [-0.2, -0.15) is 5.10 Å². The van der Waals surface area contributed by atoms with E-state index in [9.17, 15) is 9.90 Å². The Hall–Kier alpha value is -2.35. The SMILES string of the molecule is CCOC(=O)CCCOc1ccc(/C=N/NC(N)=S)c(O)c1. The molecule has 0 unspecified atom stereocenters. The highest BCUT2D eigenvalue weighted by molar-refractivity contribution is 7.80. The zero-order valence-corrected chi connectivity index (χ0v) is 13.1. The van der Waals surface area contributed by atoms with Crippen molar-refractivity contribution < 1.29 is 19.4 Å². The molecule has 0 aliphatic heterocycles. The summed E-state index contributed by atoms with van der Waals surface area (Å²) in [5.41, 5.74) is 8.10. The highest BCUT2D eigenvalue weighted by Crippen LogP contribution is 2.22. The fourth-order valence-electron chi connectivity index (χ4n) is 1.53. The third-order valence-electron chi connectivity index (χ3n) is 2.48. The molecule has 0 saturated carbocycles. The summed E-state index contributed by atoms with van der Waals surface area (Å²) in [6, 6.07) is 4.79. The summed E-state index contributed by atoms with van der Waals surface area (Å²) in [4.78, 5) is 11.1. The van der Waals surface area contributed by atoms with E-state index in [0.29, 0.717) is 37.4 Å². The van der Waals surface area contributed by atoms with E-state index in [2.05, 4.69) is 22.7 Å². The topological polar surface area (TPSA) is 106 Å². The number of thiocarbonyl (C=S) groups is 1. The molecule has 22 heavy (non-hydrogen) atoms. The number of phenols is 1. The van der Waals surface area contributed by atoms with Crippen molar-refractivity contribution in [3.05, 3.63) is 23.8 Å². The van der Waals surface area contributed by atoms with Gasteiger partial charge in [-0.05, 0) is 37.7 Å². The molecule has 0 saturated heterocycles. The third kappa shape index (κ3) is 6.89. The van der Waals surface area contributed by atoms with Gasteiger partial charge in [-0.15, -0.1) is 0 Å². The number of hydrogen-bond donors (Lipinski definition) is 3. The maximum atomic E-state index is 11.1. The predicted molar refractivity (Wildman–Crippen MR) is 87.0 cm³/mol. The van der Waals surface area contributed by atoms with E-state index >= 15 is 0 Å². The van der Waals surface area contributed by atoms with E-state index in [1.807, 2.05) is 0 Å². The van der Waals surface area contributed by atoms with Gasteiger partial charge in [0.05, 0.1) is 19.4 Å². The lowest BCUT2D eigenvalue weighted by Crippen LogP contribution is -2.23. The Morgan fingerprint density at radius 3 is 2.95 bits per heavy atom. The number of ether oxygens (including phenoxy) is 2. The van der Waals surface area contributed by atoms with Gasteiger partial charge in [0.2, 0.25) is 0 Å². The number of rotatable bonds is 8. The number of hydrogen-bond acceptors (Lipinski definition) is 6. The van der Waals surface area contributed by atoms with Crippen molar-refractivity contribution in [3.8, 4) is 11.5 Å². The number of nitrogens with two attached hydrogens (primary N) is 1. The molecular weight excluding hydrogens is 306 g/mol. The fourth-order valence-corrected chi connectivity index (χ4v) is 1.58. The molecule has 7 nitrogen and oxygen atoms in total. The molecular formula is C14H19N3O4S. The van der Waals surface area contributed by atoms with Crippen molar-refractivity contribution in [2.45, 2.75) is 19.8 Å². The number of esters is 1. The van der Waals surface area contributed by atoms with Crippen LogP contribution in [0.15, 0.2) is 23.3 Å². The molecule has 0 radical (unpaired) electrons. The molecule has 0 heterocycles. The van der Waals surface area contributed by atoms with Crippen LogP contribution in [0.25, 0.3) is 0 Å². The molecule has 1 aromatic carbocycles. The first-order valence-electron chi connectivity index (χ1n) is 6.73. The number of carbonyl (C=O) groups excluding carboxylic acids is 1. The molecule has 4 N–H and O–H groups in total. The van der Waals surface area contributed by atoms with Crippen LogP contribution in [0.5, 0.6) is 11.5 Å². The van der Waals surface area contributed by atoms with Crippen LogP contribution in [0, 0.1) is 0 Å². The Balaban J connectivity index is 2.43. The number of aromatic hydroxyl groups is 1. The van der Waals surface area contributed by atoms with Gasteiger partial charge < -0.3 is 20.3 Å². The molecule has 0 aliphatic rings. The van der Waals surface area contributed by atoms with E-state index in [1.165, 1.54) is 12.3 Å². The van der Waals surface area contributed by atoms with Crippen LogP contribution in [0.3, 0.4) is 0 Å². The van der Waals surface area contributed by atoms with Crippen LogP contribution < -0.4 is 15.9 Å². The monoisotopic (exact) mass is 325 g/mol. The van der Waals surface area contributed by atoms with Crippen molar-refractivity contribution >= 4 is 29.5 Å². The van der Waals surface area contributed by atoms with E-state index < -0.39 is 0 Å². The summed E-state index contributed by atoms with van der Waals surface area (Å²) >= 11 is 4.60. The average Bonchev–Trinajstić information content (AvgIpc) is 2.46. The first-order valence-corrected chi connectivity index (χ1v) is 7.13. The first-order chi connectivity index (χ1) is 10.5. The van der Waals surface area contributed by atoms with Gasteiger partial charge in [-0.25, -0.2) is 0 Å². The molecule has 0 amide bonds. The number of benzene rings is 1. The normalized spacial score (nSPS) is 10.4. The van der Waals surface area contributed by atoms with Crippen LogP contribution in [-0.4, -0.2) is 35.6 Å². The van der Waals surface area contributed by atoms with E-state index in [1.54, 1.807) is 19.1 Å². The zero-order valence-electron chi connectivity index (χ0n) is 12.2. The number of carbonyl (C=O) groups is 1.